The summed E-state index contributed by atoms with van der Waals surface area (Å²) in [6, 6.07) is 30.1. The van der Waals surface area contributed by atoms with Gasteiger partial charge in [0.1, 0.15) is 0 Å². The molecule has 0 N–H and O–H groups in total. The van der Waals surface area contributed by atoms with Crippen molar-refractivity contribution < 1.29 is 9.59 Å². The maximum absolute atomic E-state index is 12.7. The average molecular weight is 520 g/mol. The fourth-order valence-electron chi connectivity index (χ4n) is 3.17. The van der Waals surface area contributed by atoms with Gasteiger partial charge in [-0.25, -0.2) is 0 Å². The molecule has 0 amide bonds. The van der Waals surface area contributed by atoms with Crippen molar-refractivity contribution in [2.75, 3.05) is 0 Å². The summed E-state index contributed by atoms with van der Waals surface area (Å²) in [6.45, 7) is 0. The molecule has 0 saturated heterocycles. The molecule has 4 heteroatoms. The second-order valence-corrected chi connectivity index (χ2v) is 8.66. The van der Waals surface area contributed by atoms with Gasteiger partial charge in [-0.05, 0) is 46.5 Å². The van der Waals surface area contributed by atoms with E-state index in [2.05, 4.69) is 31.9 Å². The SMILES string of the molecule is O=C(C(=O)c1ccc(-c2ccc(Br)cc2)cc1)c1ccc(-c2ccc(Br)cc2)cc1. The smallest absolute Gasteiger partial charge is 0.233 e. The number of rotatable bonds is 5. The van der Waals surface area contributed by atoms with Crippen LogP contribution in [0.4, 0.5) is 0 Å². The van der Waals surface area contributed by atoms with E-state index in [4.69, 9.17) is 0 Å². The van der Waals surface area contributed by atoms with E-state index in [9.17, 15) is 9.59 Å². The second kappa shape index (κ2) is 8.90. The molecule has 0 spiro atoms. The molecule has 4 aromatic rings. The number of ketones is 2. The topological polar surface area (TPSA) is 34.1 Å². The van der Waals surface area contributed by atoms with Crippen LogP contribution >= 0.6 is 31.9 Å². The molecular formula is C26H16Br2O2. The predicted octanol–water partition coefficient (Wildman–Crippen LogP) is 7.61. The molecule has 30 heavy (non-hydrogen) atoms. The fraction of sp³-hybridized carbons (Fsp3) is 0. The molecule has 0 bridgehead atoms. The highest BCUT2D eigenvalue weighted by Crippen LogP contribution is 2.24. The zero-order chi connectivity index (χ0) is 21.1. The predicted molar refractivity (Wildman–Crippen MR) is 128 cm³/mol. The van der Waals surface area contributed by atoms with Gasteiger partial charge < -0.3 is 0 Å². The van der Waals surface area contributed by atoms with Crippen LogP contribution in [0.15, 0.2) is 106 Å². The highest BCUT2D eigenvalue weighted by atomic mass is 79.9. The minimum atomic E-state index is -0.506. The monoisotopic (exact) mass is 518 g/mol. The Labute approximate surface area is 191 Å². The van der Waals surface area contributed by atoms with Crippen LogP contribution < -0.4 is 0 Å². The zero-order valence-corrected chi connectivity index (χ0v) is 19.0. The quantitative estimate of drug-likeness (QED) is 0.201. The van der Waals surface area contributed by atoms with Crippen molar-refractivity contribution in [2.45, 2.75) is 0 Å². The highest BCUT2D eigenvalue weighted by molar-refractivity contribution is 9.10. The summed E-state index contributed by atoms with van der Waals surface area (Å²) in [5.74, 6) is -1.01. The Hall–Kier alpha value is -2.82. The van der Waals surface area contributed by atoms with E-state index in [-0.39, 0.29) is 0 Å². The molecule has 0 fully saturated rings. The van der Waals surface area contributed by atoms with Crippen LogP contribution in [-0.2, 0) is 0 Å². The minimum Gasteiger partial charge on any atom is -0.285 e. The number of halogens is 2. The number of carbonyl (C=O) groups is 2. The van der Waals surface area contributed by atoms with Crippen LogP contribution in [0.25, 0.3) is 22.3 Å². The van der Waals surface area contributed by atoms with Gasteiger partial charge in [-0.1, -0.05) is 105 Å². The van der Waals surface area contributed by atoms with Crippen molar-refractivity contribution in [3.05, 3.63) is 117 Å². The summed E-state index contributed by atoms with van der Waals surface area (Å²) < 4.78 is 2.02. The van der Waals surface area contributed by atoms with Gasteiger partial charge >= 0.3 is 0 Å². The van der Waals surface area contributed by atoms with Gasteiger partial charge in [-0.3, -0.25) is 9.59 Å². The molecule has 4 aromatic carbocycles. The molecular weight excluding hydrogens is 504 g/mol. The molecule has 0 radical (unpaired) electrons. The molecule has 0 aliphatic heterocycles. The van der Waals surface area contributed by atoms with Crippen LogP contribution in [0.3, 0.4) is 0 Å². The Morgan fingerprint density at radius 1 is 0.400 bits per heavy atom. The summed E-state index contributed by atoms with van der Waals surface area (Å²) in [5, 5.41) is 0. The van der Waals surface area contributed by atoms with Crippen LogP contribution in [0.1, 0.15) is 20.7 Å². The first kappa shape index (κ1) is 20.5. The van der Waals surface area contributed by atoms with Crippen molar-refractivity contribution in [3.63, 3.8) is 0 Å². The third-order valence-corrected chi connectivity index (χ3v) is 5.91. The molecule has 0 aromatic heterocycles. The van der Waals surface area contributed by atoms with Crippen molar-refractivity contribution in [1.82, 2.24) is 0 Å². The van der Waals surface area contributed by atoms with E-state index in [1.165, 1.54) is 0 Å². The third kappa shape index (κ3) is 4.50. The number of hydrogen-bond donors (Lipinski definition) is 0. The Bertz CT molecular complexity index is 1090. The molecule has 0 aliphatic carbocycles. The first-order valence-electron chi connectivity index (χ1n) is 9.32. The summed E-state index contributed by atoms with van der Waals surface area (Å²) in [7, 11) is 0. The summed E-state index contributed by atoms with van der Waals surface area (Å²) in [4.78, 5) is 25.3. The molecule has 0 heterocycles. The Morgan fingerprint density at radius 2 is 0.633 bits per heavy atom. The normalized spacial score (nSPS) is 10.6. The number of Topliss-reactive ketones (excluding diaryl/α,β-unsaturated/α-hetero) is 2. The Kier molecular flexibility index (Phi) is 6.07. The lowest BCUT2D eigenvalue weighted by Gasteiger charge is -2.06. The van der Waals surface area contributed by atoms with Crippen molar-refractivity contribution in [2.24, 2.45) is 0 Å². The number of carbonyl (C=O) groups excluding carboxylic acids is 2. The van der Waals surface area contributed by atoms with Crippen molar-refractivity contribution >= 4 is 43.4 Å². The summed E-state index contributed by atoms with van der Waals surface area (Å²) >= 11 is 6.85. The van der Waals surface area contributed by atoms with Gasteiger partial charge in [0.2, 0.25) is 11.6 Å². The first-order valence-corrected chi connectivity index (χ1v) is 10.9. The molecule has 4 rings (SSSR count). The number of hydrogen-bond acceptors (Lipinski definition) is 2. The molecule has 0 saturated carbocycles. The van der Waals surface area contributed by atoms with Crippen molar-refractivity contribution in [3.8, 4) is 22.3 Å². The van der Waals surface area contributed by atoms with Gasteiger partial charge in [-0.15, -0.1) is 0 Å². The molecule has 2 nitrogen and oxygen atoms in total. The maximum Gasteiger partial charge on any atom is 0.233 e. The average Bonchev–Trinajstić information content (AvgIpc) is 2.79. The lowest BCUT2D eigenvalue weighted by Crippen LogP contribution is -2.14. The lowest BCUT2D eigenvalue weighted by molar-refractivity contribution is 0.0817. The summed E-state index contributed by atoms with van der Waals surface area (Å²) in [5.41, 5.74) is 4.85. The van der Waals surface area contributed by atoms with Gasteiger partial charge in [0.15, 0.2) is 0 Å². The van der Waals surface area contributed by atoms with E-state index in [1.54, 1.807) is 24.3 Å². The fourth-order valence-corrected chi connectivity index (χ4v) is 3.70. The molecule has 146 valence electrons. The van der Waals surface area contributed by atoms with Gasteiger partial charge in [0.25, 0.3) is 0 Å². The van der Waals surface area contributed by atoms with E-state index in [0.29, 0.717) is 11.1 Å². The van der Waals surface area contributed by atoms with Gasteiger partial charge in [-0.2, -0.15) is 0 Å². The lowest BCUT2D eigenvalue weighted by atomic mass is 9.97. The Balaban J connectivity index is 1.51. The highest BCUT2D eigenvalue weighted by Gasteiger charge is 2.18. The third-order valence-electron chi connectivity index (χ3n) is 4.86. The van der Waals surface area contributed by atoms with Gasteiger partial charge in [0, 0.05) is 20.1 Å². The Morgan fingerprint density at radius 3 is 0.900 bits per heavy atom. The molecule has 0 aliphatic rings. The first-order chi connectivity index (χ1) is 14.5. The van der Waals surface area contributed by atoms with Crippen molar-refractivity contribution in [1.29, 1.82) is 0 Å². The van der Waals surface area contributed by atoms with E-state index >= 15 is 0 Å². The zero-order valence-electron chi connectivity index (χ0n) is 15.8. The van der Waals surface area contributed by atoms with Crippen LogP contribution in [0, 0.1) is 0 Å². The van der Waals surface area contributed by atoms with E-state index in [1.807, 2.05) is 72.8 Å². The van der Waals surface area contributed by atoms with Gasteiger partial charge in [0.05, 0.1) is 0 Å². The van der Waals surface area contributed by atoms with Crippen LogP contribution in [-0.4, -0.2) is 11.6 Å². The van der Waals surface area contributed by atoms with E-state index < -0.39 is 11.6 Å². The molecule has 0 unspecified atom stereocenters. The van der Waals surface area contributed by atoms with E-state index in [0.717, 1.165) is 31.2 Å². The maximum atomic E-state index is 12.7. The van der Waals surface area contributed by atoms with Crippen LogP contribution in [0.5, 0.6) is 0 Å². The standard InChI is InChI=1S/C26H16Br2O2/c27-23-13-9-19(10-14-23)17-1-5-21(6-2-17)25(29)26(30)22-7-3-18(4-8-22)20-11-15-24(28)16-12-20/h1-16H. The minimum absolute atomic E-state index is 0.387. The molecule has 0 atom stereocenters. The largest absolute Gasteiger partial charge is 0.285 e. The summed E-state index contributed by atoms with van der Waals surface area (Å²) in [6.07, 6.45) is 0. The van der Waals surface area contributed by atoms with Crippen LogP contribution in [0.2, 0.25) is 0 Å². The second-order valence-electron chi connectivity index (χ2n) is 6.83. The number of benzene rings is 4.